The average Bonchev–Trinajstić information content (AvgIpc) is 3.02. The van der Waals surface area contributed by atoms with Gasteiger partial charge in [0.2, 0.25) is 0 Å². The number of carbonyl (C=O) groups excluding carboxylic acids is 2. The zero-order chi connectivity index (χ0) is 24.0. The van der Waals surface area contributed by atoms with Crippen molar-refractivity contribution in [3.05, 3.63) is 47.0 Å². The number of allylic oxidation sites excluding steroid dienone is 5. The molecule has 0 bridgehead atoms. The number of hydrogen-bond donors (Lipinski definition) is 0. The Labute approximate surface area is 193 Å². The lowest BCUT2D eigenvalue weighted by Crippen LogP contribution is -2.41. The maximum Gasteiger partial charge on any atom is 0.303 e. The molecule has 0 radical (unpaired) electrons. The molecule has 1 aliphatic carbocycles. The van der Waals surface area contributed by atoms with Crippen LogP contribution in [0.15, 0.2) is 47.0 Å². The van der Waals surface area contributed by atoms with Gasteiger partial charge in [-0.15, -0.1) is 0 Å². The molecule has 0 saturated carbocycles. The molecular formula is C27H40O5. The first-order chi connectivity index (χ1) is 15.0. The molecule has 1 heterocycles. The Bertz CT molecular complexity index is 816. The molecule has 0 N–H and O–H groups in total. The molecule has 0 aromatic heterocycles. The number of esters is 1. The molecule has 5 atom stereocenters. The van der Waals surface area contributed by atoms with E-state index in [2.05, 4.69) is 39.5 Å². The first-order valence-electron chi connectivity index (χ1n) is 11.7. The standard InChI is InChI=1S/C27H40O5/c1-16(10-9-11-17(2)14-23-15-18(3)21(6)31-23)12-13-24-19(4)25(29)20(5)26(30-8)27(24)32-22(7)28/h11-12,18-19,23-24,27H,6,9-10,13-15H2,1-5,7-8H3/b16-12+,17-11+/t18?,19-,23?,24-,27-/m1/s1. The molecular weight excluding hydrogens is 404 g/mol. The van der Waals surface area contributed by atoms with Crippen LogP contribution in [0.3, 0.4) is 0 Å². The van der Waals surface area contributed by atoms with Crippen molar-refractivity contribution in [2.75, 3.05) is 7.11 Å². The number of methoxy groups -OCH3 is 1. The van der Waals surface area contributed by atoms with Gasteiger partial charge in [-0.1, -0.05) is 43.7 Å². The van der Waals surface area contributed by atoms with Gasteiger partial charge in [-0.05, 0) is 46.5 Å². The van der Waals surface area contributed by atoms with E-state index in [1.807, 2.05) is 6.92 Å². The van der Waals surface area contributed by atoms with Crippen molar-refractivity contribution in [3.63, 3.8) is 0 Å². The average molecular weight is 445 g/mol. The number of Topliss-reactive ketones (excluding diaryl/α,β-unsaturated/α-hetero) is 1. The summed E-state index contributed by atoms with van der Waals surface area (Å²) in [6, 6.07) is 0. The monoisotopic (exact) mass is 444 g/mol. The van der Waals surface area contributed by atoms with Crippen LogP contribution in [-0.2, 0) is 23.8 Å². The van der Waals surface area contributed by atoms with Crippen molar-refractivity contribution >= 4 is 11.8 Å². The van der Waals surface area contributed by atoms with Gasteiger partial charge in [-0.3, -0.25) is 9.59 Å². The van der Waals surface area contributed by atoms with Crippen LogP contribution in [0, 0.1) is 17.8 Å². The molecule has 0 spiro atoms. The van der Waals surface area contributed by atoms with E-state index in [1.165, 1.54) is 25.2 Å². The molecule has 1 saturated heterocycles. The van der Waals surface area contributed by atoms with E-state index in [1.54, 1.807) is 6.92 Å². The zero-order valence-corrected chi connectivity index (χ0v) is 20.8. The van der Waals surface area contributed by atoms with Gasteiger partial charge in [0.1, 0.15) is 11.9 Å². The van der Waals surface area contributed by atoms with Crippen LogP contribution in [-0.4, -0.2) is 31.1 Å². The Hall–Kier alpha value is -2.30. The predicted octanol–water partition coefficient (Wildman–Crippen LogP) is 6.07. The highest BCUT2D eigenvalue weighted by molar-refractivity contribution is 5.98. The van der Waals surface area contributed by atoms with E-state index in [4.69, 9.17) is 14.2 Å². The topological polar surface area (TPSA) is 61.8 Å². The quantitative estimate of drug-likeness (QED) is 0.319. The van der Waals surface area contributed by atoms with Crippen molar-refractivity contribution in [1.82, 2.24) is 0 Å². The molecule has 0 aromatic rings. The van der Waals surface area contributed by atoms with Crippen molar-refractivity contribution in [3.8, 4) is 0 Å². The number of rotatable bonds is 9. The molecule has 2 aliphatic rings. The summed E-state index contributed by atoms with van der Waals surface area (Å²) in [4.78, 5) is 24.4. The maximum absolute atomic E-state index is 12.7. The molecule has 32 heavy (non-hydrogen) atoms. The Morgan fingerprint density at radius 3 is 2.44 bits per heavy atom. The second-order valence-corrected chi connectivity index (χ2v) is 9.46. The summed E-state index contributed by atoms with van der Waals surface area (Å²) < 4.78 is 16.9. The minimum Gasteiger partial charge on any atom is -0.497 e. The van der Waals surface area contributed by atoms with Gasteiger partial charge < -0.3 is 14.2 Å². The Balaban J connectivity index is 1.97. The summed E-state index contributed by atoms with van der Waals surface area (Å²) in [5.74, 6) is 1.16. The largest absolute Gasteiger partial charge is 0.497 e. The third-order valence-electron chi connectivity index (χ3n) is 6.76. The van der Waals surface area contributed by atoms with E-state index in [-0.39, 0.29) is 29.7 Å². The molecule has 1 aliphatic heterocycles. The van der Waals surface area contributed by atoms with Gasteiger partial charge >= 0.3 is 5.97 Å². The minimum absolute atomic E-state index is 0.0611. The van der Waals surface area contributed by atoms with Gasteiger partial charge in [0, 0.05) is 36.7 Å². The van der Waals surface area contributed by atoms with E-state index in [0.29, 0.717) is 23.7 Å². The third-order valence-corrected chi connectivity index (χ3v) is 6.76. The molecule has 2 rings (SSSR count). The minimum atomic E-state index is -0.528. The molecule has 0 amide bonds. The van der Waals surface area contributed by atoms with Crippen molar-refractivity contribution < 1.29 is 23.8 Å². The Kier molecular flexibility index (Phi) is 9.35. The van der Waals surface area contributed by atoms with Gasteiger partial charge in [0.15, 0.2) is 11.9 Å². The Morgan fingerprint density at radius 1 is 1.19 bits per heavy atom. The summed E-state index contributed by atoms with van der Waals surface area (Å²) in [5.41, 5.74) is 3.16. The lowest BCUT2D eigenvalue weighted by molar-refractivity contribution is -0.152. The fourth-order valence-corrected chi connectivity index (χ4v) is 4.70. The molecule has 5 nitrogen and oxygen atoms in total. The zero-order valence-electron chi connectivity index (χ0n) is 20.8. The third kappa shape index (κ3) is 6.60. The fraction of sp³-hybridized carbons (Fsp3) is 0.630. The second-order valence-electron chi connectivity index (χ2n) is 9.46. The highest BCUT2D eigenvalue weighted by atomic mass is 16.6. The maximum atomic E-state index is 12.7. The van der Waals surface area contributed by atoms with Crippen LogP contribution in [0.4, 0.5) is 0 Å². The Morgan fingerprint density at radius 2 is 1.88 bits per heavy atom. The van der Waals surface area contributed by atoms with Crippen molar-refractivity contribution in [1.29, 1.82) is 0 Å². The van der Waals surface area contributed by atoms with Gasteiger partial charge in [-0.25, -0.2) is 0 Å². The highest BCUT2D eigenvalue weighted by Gasteiger charge is 2.42. The lowest BCUT2D eigenvalue weighted by atomic mass is 9.75. The van der Waals surface area contributed by atoms with Gasteiger partial charge in [0.05, 0.1) is 12.9 Å². The van der Waals surface area contributed by atoms with Crippen LogP contribution in [0.5, 0.6) is 0 Å². The van der Waals surface area contributed by atoms with Crippen LogP contribution in [0.1, 0.15) is 73.6 Å². The second kappa shape index (κ2) is 11.5. The number of ether oxygens (including phenoxy) is 3. The molecule has 0 aromatic carbocycles. The van der Waals surface area contributed by atoms with E-state index in [0.717, 1.165) is 31.4 Å². The van der Waals surface area contributed by atoms with Crippen LogP contribution in [0.2, 0.25) is 0 Å². The summed E-state index contributed by atoms with van der Waals surface area (Å²) in [6.45, 7) is 15.5. The van der Waals surface area contributed by atoms with Crippen LogP contribution < -0.4 is 0 Å². The summed E-state index contributed by atoms with van der Waals surface area (Å²) >= 11 is 0. The molecule has 2 unspecified atom stereocenters. The molecule has 1 fully saturated rings. The van der Waals surface area contributed by atoms with Crippen molar-refractivity contribution in [2.45, 2.75) is 85.9 Å². The van der Waals surface area contributed by atoms with E-state index in [9.17, 15) is 9.59 Å². The first kappa shape index (κ1) is 26.0. The highest BCUT2D eigenvalue weighted by Crippen LogP contribution is 2.37. The van der Waals surface area contributed by atoms with Gasteiger partial charge in [0.25, 0.3) is 0 Å². The normalized spacial score (nSPS) is 29.3. The number of hydrogen-bond acceptors (Lipinski definition) is 5. The molecule has 178 valence electrons. The first-order valence-corrected chi connectivity index (χ1v) is 11.7. The van der Waals surface area contributed by atoms with E-state index >= 15 is 0 Å². The number of ketones is 1. The smallest absolute Gasteiger partial charge is 0.303 e. The van der Waals surface area contributed by atoms with Crippen LogP contribution >= 0.6 is 0 Å². The SMILES string of the molecule is C=C1OC(C/C(C)=C/CC/C(C)=C/C[C@@H]2[C@@H](C)C(=O)C(C)=C(OC)[C@@H]2OC(C)=O)CC1C. The molecule has 5 heteroatoms. The lowest BCUT2D eigenvalue weighted by Gasteiger charge is -2.36. The summed E-state index contributed by atoms with van der Waals surface area (Å²) in [5, 5.41) is 0. The van der Waals surface area contributed by atoms with Crippen molar-refractivity contribution in [2.24, 2.45) is 17.8 Å². The number of carbonyl (C=O) groups is 2. The summed E-state index contributed by atoms with van der Waals surface area (Å²) in [6.07, 6.45) is 8.75. The summed E-state index contributed by atoms with van der Waals surface area (Å²) in [7, 11) is 1.53. The predicted molar refractivity (Wildman–Crippen MR) is 127 cm³/mol. The fourth-order valence-electron chi connectivity index (χ4n) is 4.70. The van der Waals surface area contributed by atoms with E-state index < -0.39 is 6.10 Å². The van der Waals surface area contributed by atoms with Crippen LogP contribution in [0.25, 0.3) is 0 Å². The van der Waals surface area contributed by atoms with Gasteiger partial charge in [-0.2, -0.15) is 0 Å².